The maximum absolute atomic E-state index is 12.8. The Morgan fingerprint density at radius 3 is 2.32 bits per heavy atom. The quantitative estimate of drug-likeness (QED) is 0.833. The average Bonchev–Trinajstić information content (AvgIpc) is 2.38. The number of hydrogen-bond donors (Lipinski definition) is 0. The summed E-state index contributed by atoms with van der Waals surface area (Å²) in [5.74, 6) is 0.225. The van der Waals surface area contributed by atoms with Crippen LogP contribution in [0.3, 0.4) is 0 Å². The van der Waals surface area contributed by atoms with Gasteiger partial charge in [-0.3, -0.25) is 4.98 Å². The van der Waals surface area contributed by atoms with Gasteiger partial charge < -0.3 is 0 Å². The summed E-state index contributed by atoms with van der Waals surface area (Å²) in [6, 6.07) is 3.32. The van der Waals surface area contributed by atoms with Gasteiger partial charge >= 0.3 is 6.18 Å². The van der Waals surface area contributed by atoms with Gasteiger partial charge in [-0.1, -0.05) is 19.9 Å². The van der Waals surface area contributed by atoms with Crippen molar-refractivity contribution in [2.24, 2.45) is 0 Å². The minimum Gasteiger partial charge on any atom is -0.260 e. The summed E-state index contributed by atoms with van der Waals surface area (Å²) in [7, 11) is 0. The summed E-state index contributed by atoms with van der Waals surface area (Å²) in [6.45, 7) is 3.93. The SMILES string of the molecule is CC(C)c1ccc(-c2cncnc2C(F)(F)F)cn1. The summed E-state index contributed by atoms with van der Waals surface area (Å²) in [6.07, 6.45) is -1.04. The highest BCUT2D eigenvalue weighted by Crippen LogP contribution is 2.34. The third-order valence-corrected chi connectivity index (χ3v) is 2.67. The van der Waals surface area contributed by atoms with Crippen LogP contribution in [0.4, 0.5) is 13.2 Å². The van der Waals surface area contributed by atoms with Crippen molar-refractivity contribution < 1.29 is 13.2 Å². The first-order valence-corrected chi connectivity index (χ1v) is 5.73. The Kier molecular flexibility index (Phi) is 3.50. The molecule has 3 nitrogen and oxygen atoms in total. The molecule has 19 heavy (non-hydrogen) atoms. The zero-order valence-corrected chi connectivity index (χ0v) is 10.4. The van der Waals surface area contributed by atoms with E-state index in [0.29, 0.717) is 5.56 Å². The lowest BCUT2D eigenvalue weighted by Gasteiger charge is -2.11. The Hall–Kier alpha value is -1.98. The van der Waals surface area contributed by atoms with Gasteiger partial charge in [0.2, 0.25) is 0 Å². The normalized spacial score (nSPS) is 11.9. The van der Waals surface area contributed by atoms with Gasteiger partial charge in [0.1, 0.15) is 6.33 Å². The summed E-state index contributed by atoms with van der Waals surface area (Å²) >= 11 is 0. The van der Waals surface area contributed by atoms with Gasteiger partial charge in [0.05, 0.1) is 0 Å². The summed E-state index contributed by atoms with van der Waals surface area (Å²) in [4.78, 5) is 11.1. The molecule has 0 spiro atoms. The molecule has 0 N–H and O–H groups in total. The van der Waals surface area contributed by atoms with Crippen molar-refractivity contribution in [2.45, 2.75) is 25.9 Å². The van der Waals surface area contributed by atoms with Crippen LogP contribution < -0.4 is 0 Å². The van der Waals surface area contributed by atoms with Crippen molar-refractivity contribution in [2.75, 3.05) is 0 Å². The molecule has 0 radical (unpaired) electrons. The molecule has 2 heterocycles. The van der Waals surface area contributed by atoms with Crippen molar-refractivity contribution in [3.8, 4) is 11.1 Å². The minimum atomic E-state index is -4.50. The van der Waals surface area contributed by atoms with Crippen molar-refractivity contribution in [1.29, 1.82) is 0 Å². The van der Waals surface area contributed by atoms with Gasteiger partial charge in [-0.15, -0.1) is 0 Å². The number of alkyl halides is 3. The summed E-state index contributed by atoms with van der Waals surface area (Å²) < 4.78 is 38.5. The van der Waals surface area contributed by atoms with Crippen molar-refractivity contribution >= 4 is 0 Å². The largest absolute Gasteiger partial charge is 0.434 e. The molecule has 0 atom stereocenters. The Morgan fingerprint density at radius 1 is 1.05 bits per heavy atom. The van der Waals surface area contributed by atoms with E-state index in [9.17, 15) is 13.2 Å². The molecule has 0 saturated heterocycles. The molecular formula is C13H12F3N3. The molecule has 0 amide bonds. The van der Waals surface area contributed by atoms with Crippen LogP contribution in [-0.2, 0) is 6.18 Å². The predicted molar refractivity (Wildman–Crippen MR) is 64.4 cm³/mol. The molecule has 2 rings (SSSR count). The number of nitrogens with zero attached hydrogens (tertiary/aromatic N) is 3. The molecule has 0 aliphatic heterocycles. The van der Waals surface area contributed by atoms with E-state index >= 15 is 0 Å². The maximum Gasteiger partial charge on any atom is 0.434 e. The molecule has 0 unspecified atom stereocenters. The van der Waals surface area contributed by atoms with Crippen molar-refractivity contribution in [3.63, 3.8) is 0 Å². The van der Waals surface area contributed by atoms with Gasteiger partial charge in [-0.05, 0) is 12.0 Å². The Bertz CT molecular complexity index is 562. The van der Waals surface area contributed by atoms with Crippen LogP contribution in [0.1, 0.15) is 31.2 Å². The highest BCUT2D eigenvalue weighted by atomic mass is 19.4. The Labute approximate surface area is 108 Å². The second-order valence-electron chi connectivity index (χ2n) is 4.41. The second-order valence-corrected chi connectivity index (χ2v) is 4.41. The molecule has 2 aromatic heterocycles. The average molecular weight is 267 g/mol. The Balaban J connectivity index is 2.48. The summed E-state index contributed by atoms with van der Waals surface area (Å²) in [5, 5.41) is 0. The second kappa shape index (κ2) is 4.95. The molecule has 0 aromatic carbocycles. The van der Waals surface area contributed by atoms with Crippen LogP contribution in [0.2, 0.25) is 0 Å². The van der Waals surface area contributed by atoms with E-state index in [1.165, 1.54) is 6.20 Å². The van der Waals surface area contributed by atoms with E-state index < -0.39 is 11.9 Å². The van der Waals surface area contributed by atoms with Crippen molar-refractivity contribution in [3.05, 3.63) is 42.2 Å². The lowest BCUT2D eigenvalue weighted by molar-refractivity contribution is -0.140. The minimum absolute atomic E-state index is 0.0576. The zero-order chi connectivity index (χ0) is 14.0. The molecule has 0 fully saturated rings. The van der Waals surface area contributed by atoms with Crippen LogP contribution in [-0.4, -0.2) is 15.0 Å². The van der Waals surface area contributed by atoms with Crippen LogP contribution in [0.15, 0.2) is 30.9 Å². The van der Waals surface area contributed by atoms with Crippen LogP contribution >= 0.6 is 0 Å². The first-order chi connectivity index (χ1) is 8.89. The molecule has 0 saturated carbocycles. The van der Waals surface area contributed by atoms with Gasteiger partial charge in [-0.2, -0.15) is 13.2 Å². The van der Waals surface area contributed by atoms with Crippen molar-refractivity contribution in [1.82, 2.24) is 15.0 Å². The van der Waals surface area contributed by atoms with E-state index in [0.717, 1.165) is 18.2 Å². The number of aromatic nitrogens is 3. The zero-order valence-electron chi connectivity index (χ0n) is 10.4. The van der Waals surface area contributed by atoms with E-state index in [-0.39, 0.29) is 11.5 Å². The van der Waals surface area contributed by atoms with Crippen LogP contribution in [0.5, 0.6) is 0 Å². The standard InChI is InChI=1S/C13H12F3N3/c1-8(2)11-4-3-9(5-18-11)10-6-17-7-19-12(10)13(14,15)16/h3-8H,1-2H3. The van der Waals surface area contributed by atoms with Crippen LogP contribution in [0.25, 0.3) is 11.1 Å². The highest BCUT2D eigenvalue weighted by molar-refractivity contribution is 5.64. The number of hydrogen-bond acceptors (Lipinski definition) is 3. The van der Waals surface area contributed by atoms with E-state index in [1.54, 1.807) is 12.1 Å². The van der Waals surface area contributed by atoms with Crippen LogP contribution in [0, 0.1) is 0 Å². The smallest absolute Gasteiger partial charge is 0.260 e. The number of halogens is 3. The third kappa shape index (κ3) is 2.89. The molecule has 0 aliphatic rings. The monoisotopic (exact) mass is 267 g/mol. The fourth-order valence-electron chi connectivity index (χ4n) is 1.67. The maximum atomic E-state index is 12.8. The number of rotatable bonds is 2. The van der Waals surface area contributed by atoms with Gasteiger partial charge in [-0.25, -0.2) is 9.97 Å². The molecule has 0 aliphatic carbocycles. The first kappa shape index (κ1) is 13.5. The van der Waals surface area contributed by atoms with Gasteiger partial charge in [0.15, 0.2) is 5.69 Å². The molecule has 100 valence electrons. The Morgan fingerprint density at radius 2 is 1.79 bits per heavy atom. The molecule has 2 aromatic rings. The van der Waals surface area contributed by atoms with E-state index in [1.807, 2.05) is 13.8 Å². The molecule has 6 heteroatoms. The summed E-state index contributed by atoms with van der Waals surface area (Å²) in [5.41, 5.74) is 0.186. The highest BCUT2D eigenvalue weighted by Gasteiger charge is 2.35. The predicted octanol–water partition coefficient (Wildman–Crippen LogP) is 3.68. The third-order valence-electron chi connectivity index (χ3n) is 2.67. The fraction of sp³-hybridized carbons (Fsp3) is 0.308. The lowest BCUT2D eigenvalue weighted by atomic mass is 10.0. The van der Waals surface area contributed by atoms with Gasteiger partial charge in [0.25, 0.3) is 0 Å². The lowest BCUT2D eigenvalue weighted by Crippen LogP contribution is -2.10. The fourth-order valence-corrected chi connectivity index (χ4v) is 1.67. The molecule has 0 bridgehead atoms. The first-order valence-electron chi connectivity index (χ1n) is 5.73. The van der Waals surface area contributed by atoms with E-state index in [2.05, 4.69) is 15.0 Å². The van der Waals surface area contributed by atoms with Gasteiger partial charge in [0, 0.05) is 29.2 Å². The number of pyridine rings is 1. The topological polar surface area (TPSA) is 38.7 Å². The molecular weight excluding hydrogens is 255 g/mol. The van der Waals surface area contributed by atoms with E-state index in [4.69, 9.17) is 0 Å².